The predicted octanol–water partition coefficient (Wildman–Crippen LogP) is 4.33. The van der Waals surface area contributed by atoms with E-state index in [4.69, 9.17) is 16.7 Å². The zero-order chi connectivity index (χ0) is 14.3. The Morgan fingerprint density at radius 3 is 2.50 bits per heavy atom. The van der Waals surface area contributed by atoms with Gasteiger partial charge in [0, 0.05) is 11.1 Å². The zero-order valence-corrected chi connectivity index (χ0v) is 10.9. The van der Waals surface area contributed by atoms with E-state index in [2.05, 4.69) is 4.98 Å². The lowest BCUT2D eigenvalue weighted by molar-refractivity contribution is 0.0697. The number of aromatic nitrogens is 1. The van der Waals surface area contributed by atoms with Gasteiger partial charge in [0.2, 0.25) is 0 Å². The molecule has 0 saturated carbocycles. The van der Waals surface area contributed by atoms with E-state index in [0.29, 0.717) is 16.6 Å². The Bertz CT molecular complexity index is 809. The number of hydrogen-bond donors (Lipinski definition) is 2. The van der Waals surface area contributed by atoms with Crippen molar-refractivity contribution >= 4 is 28.5 Å². The summed E-state index contributed by atoms with van der Waals surface area (Å²) in [6.07, 6.45) is 0. The molecule has 0 saturated heterocycles. The number of carboxylic acid groups (broad SMARTS) is 1. The third-order valence-electron chi connectivity index (χ3n) is 3.13. The maximum atomic E-state index is 13.9. The molecular weight excluding hydrogens is 281 g/mol. The van der Waals surface area contributed by atoms with E-state index in [0.717, 1.165) is 5.56 Å². The minimum absolute atomic E-state index is 0.0622. The predicted molar refractivity (Wildman–Crippen MR) is 75.7 cm³/mol. The second kappa shape index (κ2) is 4.65. The van der Waals surface area contributed by atoms with Crippen LogP contribution in [0.4, 0.5) is 4.39 Å². The van der Waals surface area contributed by atoms with Gasteiger partial charge in [-0.3, -0.25) is 0 Å². The molecule has 2 N–H and O–H groups in total. The van der Waals surface area contributed by atoms with E-state index in [9.17, 15) is 9.18 Å². The molecule has 3 rings (SSSR count). The van der Waals surface area contributed by atoms with Gasteiger partial charge in [0.1, 0.15) is 0 Å². The van der Waals surface area contributed by atoms with Gasteiger partial charge >= 0.3 is 5.97 Å². The molecule has 0 spiro atoms. The van der Waals surface area contributed by atoms with Crippen molar-refractivity contribution in [3.8, 4) is 11.3 Å². The fourth-order valence-electron chi connectivity index (χ4n) is 2.09. The van der Waals surface area contributed by atoms with Gasteiger partial charge in [0.05, 0.1) is 16.1 Å². The molecule has 0 atom stereocenters. The largest absolute Gasteiger partial charge is 0.478 e. The lowest BCUT2D eigenvalue weighted by atomic mass is 10.1. The second-order valence-electron chi connectivity index (χ2n) is 4.39. The van der Waals surface area contributed by atoms with Crippen LogP contribution >= 0.6 is 11.6 Å². The fourth-order valence-corrected chi connectivity index (χ4v) is 2.24. The van der Waals surface area contributed by atoms with Crippen LogP contribution in [0.1, 0.15) is 10.4 Å². The van der Waals surface area contributed by atoms with Gasteiger partial charge in [-0.15, -0.1) is 0 Å². The summed E-state index contributed by atoms with van der Waals surface area (Å²) in [5.74, 6) is -1.47. The van der Waals surface area contributed by atoms with Gasteiger partial charge in [-0.05, 0) is 29.8 Å². The monoisotopic (exact) mass is 289 g/mol. The van der Waals surface area contributed by atoms with E-state index in [1.54, 1.807) is 24.3 Å². The first-order valence-corrected chi connectivity index (χ1v) is 6.24. The van der Waals surface area contributed by atoms with Crippen molar-refractivity contribution in [1.82, 2.24) is 4.98 Å². The number of nitrogens with one attached hydrogen (secondary N) is 1. The van der Waals surface area contributed by atoms with Crippen molar-refractivity contribution in [3.05, 3.63) is 58.9 Å². The van der Waals surface area contributed by atoms with Crippen LogP contribution in [0.2, 0.25) is 5.02 Å². The van der Waals surface area contributed by atoms with E-state index in [1.165, 1.54) is 18.2 Å². The lowest BCUT2D eigenvalue weighted by Crippen LogP contribution is -1.94. The van der Waals surface area contributed by atoms with Crippen LogP contribution in [-0.2, 0) is 0 Å². The van der Waals surface area contributed by atoms with E-state index < -0.39 is 11.8 Å². The number of fused-ring (bicyclic) bond motifs is 1. The number of aromatic carboxylic acids is 1. The normalized spacial score (nSPS) is 10.9. The summed E-state index contributed by atoms with van der Waals surface area (Å²) in [6, 6.07) is 11.4. The highest BCUT2D eigenvalue weighted by atomic mass is 35.5. The average molecular weight is 290 g/mol. The number of hydrogen-bond acceptors (Lipinski definition) is 1. The van der Waals surface area contributed by atoms with Crippen LogP contribution in [0.3, 0.4) is 0 Å². The first-order chi connectivity index (χ1) is 9.56. The Kier molecular flexibility index (Phi) is 2.95. The zero-order valence-electron chi connectivity index (χ0n) is 10.2. The SMILES string of the molecule is O=C(O)c1ccc(-c2cc3ccc(Cl)c(F)c3[nH]2)cc1. The van der Waals surface area contributed by atoms with E-state index >= 15 is 0 Å². The molecule has 1 heterocycles. The maximum Gasteiger partial charge on any atom is 0.335 e. The Morgan fingerprint density at radius 2 is 1.85 bits per heavy atom. The molecule has 0 aliphatic rings. The summed E-state index contributed by atoms with van der Waals surface area (Å²) in [7, 11) is 0. The molecular formula is C15H9ClFNO2. The highest BCUT2D eigenvalue weighted by molar-refractivity contribution is 6.31. The molecule has 1 aromatic heterocycles. The van der Waals surface area contributed by atoms with E-state index in [-0.39, 0.29) is 10.6 Å². The molecule has 0 fully saturated rings. The highest BCUT2D eigenvalue weighted by Crippen LogP contribution is 2.29. The Labute approximate surface area is 118 Å². The summed E-state index contributed by atoms with van der Waals surface area (Å²) in [5, 5.41) is 9.63. The summed E-state index contributed by atoms with van der Waals surface area (Å²) in [5.41, 5.74) is 2.04. The molecule has 0 radical (unpaired) electrons. The molecule has 0 aliphatic heterocycles. The van der Waals surface area contributed by atoms with Crippen molar-refractivity contribution < 1.29 is 14.3 Å². The van der Waals surface area contributed by atoms with Crippen molar-refractivity contribution in [2.45, 2.75) is 0 Å². The minimum Gasteiger partial charge on any atom is -0.478 e. The molecule has 20 heavy (non-hydrogen) atoms. The van der Waals surface area contributed by atoms with Crippen molar-refractivity contribution in [1.29, 1.82) is 0 Å². The average Bonchev–Trinajstić information content (AvgIpc) is 2.88. The number of H-pyrrole nitrogens is 1. The van der Waals surface area contributed by atoms with Gasteiger partial charge in [-0.1, -0.05) is 29.8 Å². The van der Waals surface area contributed by atoms with Crippen LogP contribution in [0.25, 0.3) is 22.2 Å². The highest BCUT2D eigenvalue weighted by Gasteiger charge is 2.10. The summed E-state index contributed by atoms with van der Waals surface area (Å²) < 4.78 is 13.9. The quantitative estimate of drug-likeness (QED) is 0.738. The van der Waals surface area contributed by atoms with Crippen LogP contribution in [-0.4, -0.2) is 16.1 Å². The van der Waals surface area contributed by atoms with Gasteiger partial charge in [-0.2, -0.15) is 0 Å². The lowest BCUT2D eigenvalue weighted by Gasteiger charge is -1.99. The Hall–Kier alpha value is -2.33. The van der Waals surface area contributed by atoms with Gasteiger partial charge < -0.3 is 10.1 Å². The molecule has 3 nitrogen and oxygen atoms in total. The number of rotatable bonds is 2. The number of carboxylic acids is 1. The van der Waals surface area contributed by atoms with Crippen LogP contribution in [0, 0.1) is 5.82 Å². The molecule has 2 aromatic carbocycles. The molecule has 0 amide bonds. The van der Waals surface area contributed by atoms with Gasteiger partial charge in [0.25, 0.3) is 0 Å². The minimum atomic E-state index is -0.981. The number of halogens is 2. The van der Waals surface area contributed by atoms with Crippen molar-refractivity contribution in [2.24, 2.45) is 0 Å². The molecule has 0 unspecified atom stereocenters. The second-order valence-corrected chi connectivity index (χ2v) is 4.80. The molecule has 3 aromatic rings. The summed E-state index contributed by atoms with van der Waals surface area (Å²) in [6.45, 7) is 0. The number of benzene rings is 2. The fraction of sp³-hybridized carbons (Fsp3) is 0. The number of carbonyl (C=O) groups is 1. The van der Waals surface area contributed by atoms with Crippen LogP contribution < -0.4 is 0 Å². The first kappa shape index (κ1) is 12.7. The van der Waals surface area contributed by atoms with Crippen molar-refractivity contribution in [2.75, 3.05) is 0 Å². The van der Waals surface area contributed by atoms with Crippen LogP contribution in [0.15, 0.2) is 42.5 Å². The Morgan fingerprint density at radius 1 is 1.15 bits per heavy atom. The molecule has 100 valence electrons. The van der Waals surface area contributed by atoms with Gasteiger partial charge in [0.15, 0.2) is 5.82 Å². The van der Waals surface area contributed by atoms with Crippen LogP contribution in [0.5, 0.6) is 0 Å². The standard InChI is InChI=1S/C15H9ClFNO2/c16-11-6-5-10-7-12(18-14(10)13(11)17)8-1-3-9(4-2-8)15(19)20/h1-7,18H,(H,19,20). The summed E-state index contributed by atoms with van der Waals surface area (Å²) in [4.78, 5) is 13.8. The summed E-state index contributed by atoms with van der Waals surface area (Å²) >= 11 is 5.74. The topological polar surface area (TPSA) is 53.1 Å². The third kappa shape index (κ3) is 2.04. The van der Waals surface area contributed by atoms with E-state index in [1.807, 2.05) is 0 Å². The molecule has 0 bridgehead atoms. The third-order valence-corrected chi connectivity index (χ3v) is 3.42. The van der Waals surface area contributed by atoms with Gasteiger partial charge in [-0.25, -0.2) is 9.18 Å². The molecule has 5 heteroatoms. The number of aromatic amines is 1. The Balaban J connectivity index is 2.10. The smallest absolute Gasteiger partial charge is 0.335 e. The molecule has 0 aliphatic carbocycles. The van der Waals surface area contributed by atoms with Crippen molar-refractivity contribution in [3.63, 3.8) is 0 Å². The maximum absolute atomic E-state index is 13.9. The first-order valence-electron chi connectivity index (χ1n) is 5.87.